The summed E-state index contributed by atoms with van der Waals surface area (Å²) >= 11 is 0. The zero-order valence-corrected chi connectivity index (χ0v) is 14.5. The Hall–Kier alpha value is -3.09. The van der Waals surface area contributed by atoms with Crippen LogP contribution in [0.4, 0.5) is 11.5 Å². The van der Waals surface area contributed by atoms with Crippen LogP contribution in [0.15, 0.2) is 42.6 Å². The van der Waals surface area contributed by atoms with Crippen LogP contribution in [-0.4, -0.2) is 36.5 Å². The number of aromatic nitrogens is 1. The maximum Gasteiger partial charge on any atom is 0.255 e. The molecule has 0 aliphatic heterocycles. The van der Waals surface area contributed by atoms with Gasteiger partial charge in [0.1, 0.15) is 11.6 Å². The molecule has 3 N–H and O–H groups in total. The molecule has 132 valence electrons. The molecule has 0 saturated carbocycles. The van der Waals surface area contributed by atoms with Gasteiger partial charge in [0.15, 0.2) is 0 Å². The maximum atomic E-state index is 12.4. The number of amides is 2. The fraction of sp³-hybridized carbons (Fsp3) is 0.278. The van der Waals surface area contributed by atoms with Crippen molar-refractivity contribution >= 4 is 23.3 Å². The van der Waals surface area contributed by atoms with Crippen LogP contribution in [0.25, 0.3) is 0 Å². The van der Waals surface area contributed by atoms with Gasteiger partial charge in [0.2, 0.25) is 5.91 Å². The van der Waals surface area contributed by atoms with Crippen molar-refractivity contribution in [3.63, 3.8) is 0 Å². The predicted octanol–water partition coefficient (Wildman–Crippen LogP) is 2.09. The van der Waals surface area contributed by atoms with Gasteiger partial charge in [-0.3, -0.25) is 9.59 Å². The summed E-state index contributed by atoms with van der Waals surface area (Å²) in [4.78, 5) is 28.3. The van der Waals surface area contributed by atoms with Gasteiger partial charge in [0.05, 0.1) is 24.9 Å². The SMILES string of the molecule is COc1ccccc1Nc1ncccc1C(=O)NCC(=O)NC(C)C. The van der Waals surface area contributed by atoms with E-state index in [1.807, 2.05) is 32.0 Å². The molecule has 0 atom stereocenters. The lowest BCUT2D eigenvalue weighted by atomic mass is 10.2. The number of nitrogens with zero attached hydrogens (tertiary/aromatic N) is 1. The summed E-state index contributed by atoms with van der Waals surface area (Å²) < 4.78 is 5.29. The van der Waals surface area contributed by atoms with Crippen molar-refractivity contribution in [2.24, 2.45) is 0 Å². The molecule has 1 aromatic heterocycles. The minimum Gasteiger partial charge on any atom is -0.495 e. The van der Waals surface area contributed by atoms with Gasteiger partial charge in [-0.1, -0.05) is 12.1 Å². The van der Waals surface area contributed by atoms with Crippen molar-refractivity contribution in [2.45, 2.75) is 19.9 Å². The number of carbonyl (C=O) groups excluding carboxylic acids is 2. The molecule has 1 heterocycles. The first kappa shape index (κ1) is 18.3. The predicted molar refractivity (Wildman–Crippen MR) is 96.1 cm³/mol. The van der Waals surface area contributed by atoms with Gasteiger partial charge in [-0.15, -0.1) is 0 Å². The minimum atomic E-state index is -0.385. The topological polar surface area (TPSA) is 92.3 Å². The summed E-state index contributed by atoms with van der Waals surface area (Å²) in [6.45, 7) is 3.62. The minimum absolute atomic E-state index is 0.0190. The van der Waals surface area contributed by atoms with Crippen LogP contribution in [0.3, 0.4) is 0 Å². The second-order valence-electron chi connectivity index (χ2n) is 5.63. The van der Waals surface area contributed by atoms with E-state index in [1.54, 1.807) is 31.5 Å². The van der Waals surface area contributed by atoms with E-state index in [-0.39, 0.29) is 24.4 Å². The highest BCUT2D eigenvalue weighted by molar-refractivity contribution is 6.01. The van der Waals surface area contributed by atoms with Crippen LogP contribution in [0, 0.1) is 0 Å². The fourth-order valence-corrected chi connectivity index (χ4v) is 2.19. The van der Waals surface area contributed by atoms with Gasteiger partial charge in [-0.2, -0.15) is 0 Å². The Morgan fingerprint density at radius 3 is 2.64 bits per heavy atom. The number of carbonyl (C=O) groups is 2. The van der Waals surface area contributed by atoms with Crippen LogP contribution in [-0.2, 0) is 4.79 Å². The molecule has 2 aromatic rings. The Morgan fingerprint density at radius 1 is 1.16 bits per heavy atom. The number of benzene rings is 1. The molecule has 1 aromatic carbocycles. The molecule has 2 rings (SSSR count). The quantitative estimate of drug-likeness (QED) is 0.716. The number of hydrogen-bond acceptors (Lipinski definition) is 5. The highest BCUT2D eigenvalue weighted by Crippen LogP contribution is 2.27. The molecule has 7 nitrogen and oxygen atoms in total. The van der Waals surface area contributed by atoms with Gasteiger partial charge >= 0.3 is 0 Å². The van der Waals surface area contributed by atoms with E-state index < -0.39 is 0 Å². The fourth-order valence-electron chi connectivity index (χ4n) is 2.19. The molecule has 25 heavy (non-hydrogen) atoms. The molecule has 0 radical (unpaired) electrons. The Labute approximate surface area is 146 Å². The van der Waals surface area contributed by atoms with Gasteiger partial charge in [0, 0.05) is 12.2 Å². The van der Waals surface area contributed by atoms with Crippen LogP contribution in [0.2, 0.25) is 0 Å². The summed E-state index contributed by atoms with van der Waals surface area (Å²) in [7, 11) is 1.57. The molecule has 0 spiro atoms. The van der Waals surface area contributed by atoms with E-state index in [4.69, 9.17) is 4.74 Å². The van der Waals surface area contributed by atoms with Crippen LogP contribution in [0.5, 0.6) is 5.75 Å². The lowest BCUT2D eigenvalue weighted by Gasteiger charge is -2.14. The Bertz CT molecular complexity index is 747. The molecule has 0 aliphatic rings. The highest BCUT2D eigenvalue weighted by Gasteiger charge is 2.15. The summed E-state index contributed by atoms with van der Waals surface area (Å²) in [5.41, 5.74) is 1.03. The standard InChI is InChI=1S/C18H22N4O3/c1-12(2)21-16(23)11-20-18(24)13-7-6-10-19-17(13)22-14-8-4-5-9-15(14)25-3/h4-10,12H,11H2,1-3H3,(H,19,22)(H,20,24)(H,21,23). The van der Waals surface area contributed by atoms with Crippen LogP contribution >= 0.6 is 0 Å². The van der Waals surface area contributed by atoms with Gasteiger partial charge < -0.3 is 20.7 Å². The first-order valence-electron chi connectivity index (χ1n) is 7.94. The van der Waals surface area contributed by atoms with Crippen molar-refractivity contribution in [3.05, 3.63) is 48.2 Å². The zero-order valence-electron chi connectivity index (χ0n) is 14.5. The molecular weight excluding hydrogens is 320 g/mol. The highest BCUT2D eigenvalue weighted by atomic mass is 16.5. The number of anilines is 2. The second kappa shape index (κ2) is 8.68. The molecule has 0 fully saturated rings. The second-order valence-corrected chi connectivity index (χ2v) is 5.63. The van der Waals surface area contributed by atoms with E-state index in [0.717, 1.165) is 0 Å². The Balaban J connectivity index is 2.12. The number of para-hydroxylation sites is 2. The van der Waals surface area contributed by atoms with Gasteiger partial charge in [0.25, 0.3) is 5.91 Å². The largest absolute Gasteiger partial charge is 0.495 e. The number of nitrogens with one attached hydrogen (secondary N) is 3. The van der Waals surface area contributed by atoms with Crippen LogP contribution < -0.4 is 20.7 Å². The summed E-state index contributed by atoms with van der Waals surface area (Å²) in [6, 6.07) is 10.7. The smallest absolute Gasteiger partial charge is 0.255 e. The summed E-state index contributed by atoms with van der Waals surface area (Å²) in [5.74, 6) is 0.389. The van der Waals surface area contributed by atoms with Gasteiger partial charge in [-0.25, -0.2) is 4.98 Å². The third-order valence-corrected chi connectivity index (χ3v) is 3.27. The van der Waals surface area contributed by atoms with E-state index in [2.05, 4.69) is 20.9 Å². The maximum absolute atomic E-state index is 12.4. The zero-order chi connectivity index (χ0) is 18.2. The molecule has 7 heteroatoms. The molecule has 2 amide bonds. The third-order valence-electron chi connectivity index (χ3n) is 3.27. The van der Waals surface area contributed by atoms with Crippen LogP contribution in [0.1, 0.15) is 24.2 Å². The van der Waals surface area contributed by atoms with E-state index in [0.29, 0.717) is 22.8 Å². The van der Waals surface area contributed by atoms with E-state index in [9.17, 15) is 9.59 Å². The van der Waals surface area contributed by atoms with E-state index >= 15 is 0 Å². The lowest BCUT2D eigenvalue weighted by molar-refractivity contribution is -0.120. The molecule has 0 saturated heterocycles. The summed E-state index contributed by atoms with van der Waals surface area (Å²) in [6.07, 6.45) is 1.58. The number of methoxy groups -OCH3 is 1. The normalized spacial score (nSPS) is 10.2. The summed E-state index contributed by atoms with van der Waals surface area (Å²) in [5, 5.41) is 8.41. The monoisotopic (exact) mass is 342 g/mol. The first-order chi connectivity index (χ1) is 12.0. The molecular formula is C18H22N4O3. The lowest BCUT2D eigenvalue weighted by Crippen LogP contribution is -2.40. The van der Waals surface area contributed by atoms with Gasteiger partial charge in [-0.05, 0) is 38.1 Å². The number of ether oxygens (including phenoxy) is 1. The molecule has 0 aliphatic carbocycles. The number of hydrogen-bond donors (Lipinski definition) is 3. The van der Waals surface area contributed by atoms with E-state index in [1.165, 1.54) is 0 Å². The van der Waals surface area contributed by atoms with Crippen molar-refractivity contribution in [3.8, 4) is 5.75 Å². The Kier molecular flexibility index (Phi) is 6.33. The molecule has 0 bridgehead atoms. The van der Waals surface area contributed by atoms with Crippen molar-refractivity contribution in [1.82, 2.24) is 15.6 Å². The average Bonchev–Trinajstić information content (AvgIpc) is 2.60. The average molecular weight is 342 g/mol. The van der Waals surface area contributed by atoms with Crippen molar-refractivity contribution < 1.29 is 14.3 Å². The van der Waals surface area contributed by atoms with Crippen molar-refractivity contribution in [2.75, 3.05) is 19.0 Å². The Morgan fingerprint density at radius 2 is 1.92 bits per heavy atom. The molecule has 0 unspecified atom stereocenters. The van der Waals surface area contributed by atoms with Crippen molar-refractivity contribution in [1.29, 1.82) is 0 Å². The third kappa shape index (κ3) is 5.20. The number of pyridine rings is 1. The number of rotatable bonds is 7. The first-order valence-corrected chi connectivity index (χ1v) is 7.94.